The summed E-state index contributed by atoms with van der Waals surface area (Å²) < 4.78 is 0. The van der Waals surface area contributed by atoms with E-state index in [-0.39, 0.29) is 10.9 Å². The van der Waals surface area contributed by atoms with Gasteiger partial charge in [0, 0.05) is 13.1 Å². The summed E-state index contributed by atoms with van der Waals surface area (Å²) in [5.74, 6) is 0.452. The number of rotatable bonds is 6. The van der Waals surface area contributed by atoms with Crippen LogP contribution in [0.1, 0.15) is 51.0 Å². The summed E-state index contributed by atoms with van der Waals surface area (Å²) in [4.78, 5) is 26.5. The number of nitrogens with one attached hydrogen (secondary N) is 1. The summed E-state index contributed by atoms with van der Waals surface area (Å²) in [5.41, 5.74) is 2.38. The molecular formula is C21H28N2O2. The zero-order valence-electron chi connectivity index (χ0n) is 15.3. The molecule has 1 fully saturated rings. The molecule has 2 aromatic carbocycles. The van der Waals surface area contributed by atoms with Crippen LogP contribution in [0.25, 0.3) is 11.1 Å². The zero-order chi connectivity index (χ0) is 17.8. The van der Waals surface area contributed by atoms with E-state index in [2.05, 4.69) is 24.1 Å². The standard InChI is InChI=1S/C21H28N2O2/c1-15(2)16-7-9-17(10-8-16)18-19(21(25)20(18)24)22-11-14-23-12-5-3-4-6-13-23/h7-10,15,22H,3-6,11-14H2,1-2H3. The first kappa shape index (κ1) is 17.9. The van der Waals surface area contributed by atoms with Gasteiger partial charge in [-0.05, 0) is 43.0 Å². The predicted octanol–water partition coefficient (Wildman–Crippen LogP) is 3.36. The van der Waals surface area contributed by atoms with Gasteiger partial charge in [0.25, 0.3) is 0 Å². The fourth-order valence-electron chi connectivity index (χ4n) is 3.57. The smallest absolute Gasteiger partial charge is 0.250 e. The van der Waals surface area contributed by atoms with Crippen molar-refractivity contribution in [1.82, 2.24) is 4.90 Å². The molecule has 25 heavy (non-hydrogen) atoms. The lowest BCUT2D eigenvalue weighted by molar-refractivity contribution is 0.296. The second-order valence-corrected chi connectivity index (χ2v) is 7.37. The maximum absolute atomic E-state index is 12.0. The first-order valence-electron chi connectivity index (χ1n) is 9.48. The van der Waals surface area contributed by atoms with Gasteiger partial charge in [-0.15, -0.1) is 0 Å². The Bertz CT molecular complexity index is 762. The Morgan fingerprint density at radius 3 is 2.20 bits per heavy atom. The average Bonchev–Trinajstić information content (AvgIpc) is 2.89. The third kappa shape index (κ3) is 4.01. The Kier molecular flexibility index (Phi) is 5.69. The van der Waals surface area contributed by atoms with E-state index in [9.17, 15) is 9.59 Å². The van der Waals surface area contributed by atoms with E-state index in [0.717, 1.165) is 25.2 Å². The summed E-state index contributed by atoms with van der Waals surface area (Å²) in [7, 11) is 0. The van der Waals surface area contributed by atoms with E-state index >= 15 is 0 Å². The van der Waals surface area contributed by atoms with E-state index in [1.165, 1.54) is 31.2 Å². The van der Waals surface area contributed by atoms with Gasteiger partial charge in [-0.1, -0.05) is 51.0 Å². The van der Waals surface area contributed by atoms with E-state index in [0.29, 0.717) is 23.7 Å². The van der Waals surface area contributed by atoms with Crippen LogP contribution in [0.4, 0.5) is 5.69 Å². The van der Waals surface area contributed by atoms with Crippen molar-refractivity contribution in [1.29, 1.82) is 0 Å². The van der Waals surface area contributed by atoms with E-state index < -0.39 is 0 Å². The highest BCUT2D eigenvalue weighted by molar-refractivity contribution is 5.81. The molecule has 0 amide bonds. The highest BCUT2D eigenvalue weighted by Crippen LogP contribution is 2.25. The monoisotopic (exact) mass is 340 g/mol. The minimum Gasteiger partial charge on any atom is -0.380 e. The van der Waals surface area contributed by atoms with Crippen molar-refractivity contribution in [3.05, 3.63) is 50.3 Å². The van der Waals surface area contributed by atoms with Gasteiger partial charge in [-0.25, -0.2) is 0 Å². The Morgan fingerprint density at radius 2 is 1.60 bits per heavy atom. The SMILES string of the molecule is CC(C)c1ccc(-c2c(NCCN3CCCCCC3)c(=O)c2=O)cc1. The van der Waals surface area contributed by atoms with E-state index in [1.807, 2.05) is 24.3 Å². The van der Waals surface area contributed by atoms with Gasteiger partial charge in [0.15, 0.2) is 0 Å². The Morgan fingerprint density at radius 1 is 0.960 bits per heavy atom. The molecular weight excluding hydrogens is 312 g/mol. The third-order valence-electron chi connectivity index (χ3n) is 5.20. The number of hydrogen-bond acceptors (Lipinski definition) is 4. The second-order valence-electron chi connectivity index (χ2n) is 7.37. The predicted molar refractivity (Wildman–Crippen MR) is 104 cm³/mol. The summed E-state index contributed by atoms with van der Waals surface area (Å²) in [6, 6.07) is 7.98. The van der Waals surface area contributed by atoms with Crippen LogP contribution in [0.5, 0.6) is 0 Å². The van der Waals surface area contributed by atoms with Gasteiger partial charge in [0.05, 0.1) is 11.3 Å². The molecule has 0 saturated carbocycles. The number of hydrogen-bond donors (Lipinski definition) is 1. The summed E-state index contributed by atoms with van der Waals surface area (Å²) in [6.45, 7) is 8.19. The lowest BCUT2D eigenvalue weighted by Crippen LogP contribution is -2.38. The van der Waals surface area contributed by atoms with Gasteiger partial charge < -0.3 is 10.2 Å². The van der Waals surface area contributed by atoms with Crippen LogP contribution in [0.3, 0.4) is 0 Å². The van der Waals surface area contributed by atoms with E-state index in [4.69, 9.17) is 0 Å². The fraction of sp³-hybridized carbons (Fsp3) is 0.524. The molecule has 134 valence electrons. The molecule has 0 bridgehead atoms. The third-order valence-corrected chi connectivity index (χ3v) is 5.20. The molecule has 0 aliphatic carbocycles. The van der Waals surface area contributed by atoms with Gasteiger partial charge >= 0.3 is 0 Å². The van der Waals surface area contributed by atoms with Crippen molar-refractivity contribution in [2.75, 3.05) is 31.5 Å². The second kappa shape index (κ2) is 7.96. The van der Waals surface area contributed by atoms with E-state index in [1.54, 1.807) is 0 Å². The molecule has 0 spiro atoms. The molecule has 0 radical (unpaired) electrons. The van der Waals surface area contributed by atoms with Crippen LogP contribution >= 0.6 is 0 Å². The maximum Gasteiger partial charge on any atom is 0.250 e. The number of nitrogens with zero attached hydrogens (tertiary/aromatic N) is 1. The largest absolute Gasteiger partial charge is 0.380 e. The van der Waals surface area contributed by atoms with Crippen molar-refractivity contribution in [2.45, 2.75) is 45.4 Å². The molecule has 3 rings (SSSR count). The van der Waals surface area contributed by atoms with Crippen LogP contribution in [0.2, 0.25) is 0 Å². The maximum atomic E-state index is 12.0. The highest BCUT2D eigenvalue weighted by Gasteiger charge is 2.22. The molecule has 2 aromatic rings. The number of anilines is 1. The molecule has 4 heteroatoms. The molecule has 0 atom stereocenters. The lowest BCUT2D eigenvalue weighted by Gasteiger charge is -2.21. The first-order valence-corrected chi connectivity index (χ1v) is 9.48. The molecule has 1 aliphatic heterocycles. The van der Waals surface area contributed by atoms with Gasteiger partial charge in [0.1, 0.15) is 0 Å². The van der Waals surface area contributed by atoms with Crippen LogP contribution in [-0.2, 0) is 0 Å². The molecule has 4 nitrogen and oxygen atoms in total. The quantitative estimate of drug-likeness (QED) is 0.819. The Balaban J connectivity index is 1.66. The zero-order valence-corrected chi connectivity index (χ0v) is 15.3. The van der Waals surface area contributed by atoms with Crippen LogP contribution < -0.4 is 16.2 Å². The highest BCUT2D eigenvalue weighted by atomic mass is 16.2. The van der Waals surface area contributed by atoms with Crippen molar-refractivity contribution in [3.63, 3.8) is 0 Å². The lowest BCUT2D eigenvalue weighted by atomic mass is 9.95. The van der Waals surface area contributed by atoms with Crippen molar-refractivity contribution < 1.29 is 0 Å². The minimum absolute atomic E-state index is 0.366. The summed E-state index contributed by atoms with van der Waals surface area (Å²) in [5, 5.41) is 3.22. The first-order chi connectivity index (χ1) is 12.1. The van der Waals surface area contributed by atoms with Gasteiger partial charge in [-0.3, -0.25) is 9.59 Å². The van der Waals surface area contributed by atoms with Gasteiger partial charge in [-0.2, -0.15) is 0 Å². The summed E-state index contributed by atoms with van der Waals surface area (Å²) in [6.07, 6.45) is 5.15. The number of likely N-dealkylation sites (tertiary alicyclic amines) is 1. The summed E-state index contributed by atoms with van der Waals surface area (Å²) >= 11 is 0. The van der Waals surface area contributed by atoms with Crippen LogP contribution in [-0.4, -0.2) is 31.1 Å². The van der Waals surface area contributed by atoms with Crippen molar-refractivity contribution in [2.24, 2.45) is 0 Å². The van der Waals surface area contributed by atoms with Crippen LogP contribution in [0, 0.1) is 0 Å². The van der Waals surface area contributed by atoms with Crippen LogP contribution in [0.15, 0.2) is 33.9 Å². The van der Waals surface area contributed by atoms with Crippen molar-refractivity contribution >= 4 is 5.69 Å². The molecule has 1 heterocycles. The molecule has 0 aromatic heterocycles. The minimum atomic E-state index is -0.376. The number of benzene rings is 1. The normalized spacial score (nSPS) is 16.3. The molecule has 1 N–H and O–H groups in total. The Hall–Kier alpha value is -1.94. The average molecular weight is 340 g/mol. The topological polar surface area (TPSA) is 49.4 Å². The molecule has 0 unspecified atom stereocenters. The van der Waals surface area contributed by atoms with Gasteiger partial charge in [0.2, 0.25) is 10.9 Å². The fourth-order valence-corrected chi connectivity index (χ4v) is 3.57. The molecule has 1 aliphatic rings. The molecule has 1 saturated heterocycles. The van der Waals surface area contributed by atoms with Crippen molar-refractivity contribution in [3.8, 4) is 11.1 Å². The Labute approximate surface area is 149 Å².